The first-order valence-electron chi connectivity index (χ1n) is 9.92. The normalized spacial score (nSPS) is 10.6. The highest BCUT2D eigenvalue weighted by Gasteiger charge is 2.14. The molecule has 0 unspecified atom stereocenters. The van der Waals surface area contributed by atoms with Crippen molar-refractivity contribution in [2.45, 2.75) is 13.1 Å². The first-order chi connectivity index (χ1) is 15.2. The monoisotopic (exact) mass is 416 g/mol. The van der Waals surface area contributed by atoms with Gasteiger partial charge >= 0.3 is 0 Å². The quantitative estimate of drug-likeness (QED) is 0.448. The molecule has 0 spiro atoms. The van der Waals surface area contributed by atoms with Crippen molar-refractivity contribution in [2.24, 2.45) is 0 Å². The van der Waals surface area contributed by atoms with Gasteiger partial charge in [0.2, 0.25) is 11.9 Å². The van der Waals surface area contributed by atoms with Gasteiger partial charge in [0.25, 0.3) is 0 Å². The molecule has 0 aliphatic heterocycles. The molecule has 4 rings (SSSR count). The van der Waals surface area contributed by atoms with Crippen LogP contribution in [-0.2, 0) is 17.9 Å². The Labute approximate surface area is 180 Å². The van der Waals surface area contributed by atoms with Crippen LogP contribution < -0.4 is 20.1 Å². The molecule has 0 fully saturated rings. The van der Waals surface area contributed by atoms with Gasteiger partial charge < -0.3 is 24.7 Å². The van der Waals surface area contributed by atoms with E-state index in [0.717, 1.165) is 16.6 Å². The Hall–Kier alpha value is -4.00. The molecule has 0 atom stereocenters. The molecule has 1 aromatic heterocycles. The second kappa shape index (κ2) is 9.21. The number of anilines is 2. The van der Waals surface area contributed by atoms with Crippen molar-refractivity contribution in [2.75, 3.05) is 24.9 Å². The van der Waals surface area contributed by atoms with Gasteiger partial charge in [-0.25, -0.2) is 4.98 Å². The Balaban J connectivity index is 1.56. The minimum atomic E-state index is -0.179. The van der Waals surface area contributed by atoms with E-state index in [-0.39, 0.29) is 12.5 Å². The third kappa shape index (κ3) is 4.78. The van der Waals surface area contributed by atoms with Gasteiger partial charge in [0.1, 0.15) is 18.0 Å². The van der Waals surface area contributed by atoms with E-state index in [1.165, 1.54) is 0 Å². The van der Waals surface area contributed by atoms with Crippen molar-refractivity contribution < 1.29 is 14.3 Å². The van der Waals surface area contributed by atoms with E-state index in [4.69, 9.17) is 9.47 Å². The van der Waals surface area contributed by atoms with E-state index in [1.807, 2.05) is 59.2 Å². The Kier molecular flexibility index (Phi) is 6.03. The SMILES string of the molecule is COc1cc(NC(=O)Cn2c(NCc3ccccc3)nc3ccccc32)cc(OC)c1. The number of amides is 1. The molecule has 1 amide bonds. The van der Waals surface area contributed by atoms with Gasteiger partial charge in [-0.05, 0) is 17.7 Å². The Morgan fingerprint density at radius 1 is 0.935 bits per heavy atom. The van der Waals surface area contributed by atoms with Crippen LogP contribution >= 0.6 is 0 Å². The summed E-state index contributed by atoms with van der Waals surface area (Å²) in [5.41, 5.74) is 3.45. The lowest BCUT2D eigenvalue weighted by atomic mass is 10.2. The van der Waals surface area contributed by atoms with E-state index in [9.17, 15) is 4.79 Å². The molecule has 0 aliphatic carbocycles. The first-order valence-corrected chi connectivity index (χ1v) is 9.92. The standard InChI is InChI=1S/C24H24N4O3/c1-30-19-12-18(13-20(14-19)31-2)26-23(29)16-28-22-11-7-6-10-21(22)27-24(28)25-15-17-8-4-3-5-9-17/h3-14H,15-16H2,1-2H3,(H,25,27)(H,26,29). The van der Waals surface area contributed by atoms with Crippen molar-refractivity contribution in [1.82, 2.24) is 9.55 Å². The lowest BCUT2D eigenvalue weighted by Crippen LogP contribution is -2.20. The molecule has 0 saturated heterocycles. The third-order valence-electron chi connectivity index (χ3n) is 4.88. The van der Waals surface area contributed by atoms with Gasteiger partial charge in [0.15, 0.2) is 0 Å². The summed E-state index contributed by atoms with van der Waals surface area (Å²) in [6.07, 6.45) is 0. The number of ether oxygens (including phenoxy) is 2. The van der Waals surface area contributed by atoms with Crippen molar-refractivity contribution in [3.05, 3.63) is 78.4 Å². The molecule has 4 aromatic rings. The number of methoxy groups -OCH3 is 2. The van der Waals surface area contributed by atoms with Gasteiger partial charge in [-0.3, -0.25) is 4.79 Å². The second-order valence-electron chi connectivity index (χ2n) is 7.00. The number of nitrogens with one attached hydrogen (secondary N) is 2. The minimum absolute atomic E-state index is 0.108. The number of hydrogen-bond donors (Lipinski definition) is 2. The van der Waals surface area contributed by atoms with Crippen LogP contribution in [-0.4, -0.2) is 29.7 Å². The zero-order valence-corrected chi connectivity index (χ0v) is 17.5. The highest BCUT2D eigenvalue weighted by molar-refractivity contribution is 5.92. The molecular weight excluding hydrogens is 392 g/mol. The number of nitrogens with zero attached hydrogens (tertiary/aromatic N) is 2. The van der Waals surface area contributed by atoms with Crippen LogP contribution in [0.2, 0.25) is 0 Å². The molecule has 1 heterocycles. The zero-order valence-electron chi connectivity index (χ0n) is 17.5. The molecule has 31 heavy (non-hydrogen) atoms. The molecule has 7 heteroatoms. The molecule has 0 aliphatic rings. The number of aromatic nitrogens is 2. The van der Waals surface area contributed by atoms with Crippen molar-refractivity contribution >= 4 is 28.6 Å². The summed E-state index contributed by atoms with van der Waals surface area (Å²) in [7, 11) is 3.14. The molecule has 2 N–H and O–H groups in total. The predicted molar refractivity (Wildman–Crippen MR) is 122 cm³/mol. The maximum absolute atomic E-state index is 12.9. The molecule has 158 valence electrons. The van der Waals surface area contributed by atoms with Crippen LogP contribution in [0.1, 0.15) is 5.56 Å². The van der Waals surface area contributed by atoms with Gasteiger partial charge in [-0.2, -0.15) is 0 Å². The summed E-state index contributed by atoms with van der Waals surface area (Å²) >= 11 is 0. The van der Waals surface area contributed by atoms with Crippen LogP contribution in [0.4, 0.5) is 11.6 Å². The smallest absolute Gasteiger partial charge is 0.244 e. The summed E-state index contributed by atoms with van der Waals surface area (Å²) in [5, 5.41) is 6.28. The first kappa shape index (κ1) is 20.3. The highest BCUT2D eigenvalue weighted by Crippen LogP contribution is 2.26. The molecule has 0 saturated carbocycles. The second-order valence-corrected chi connectivity index (χ2v) is 7.00. The number of imidazole rings is 1. The Bertz CT molecular complexity index is 1170. The number of fused-ring (bicyclic) bond motifs is 1. The van der Waals surface area contributed by atoms with Gasteiger partial charge in [-0.1, -0.05) is 42.5 Å². The Morgan fingerprint density at radius 2 is 1.61 bits per heavy atom. The third-order valence-corrected chi connectivity index (χ3v) is 4.88. The van der Waals surface area contributed by atoms with E-state index >= 15 is 0 Å². The van der Waals surface area contributed by atoms with Crippen LogP contribution in [0.15, 0.2) is 72.8 Å². The lowest BCUT2D eigenvalue weighted by molar-refractivity contribution is -0.116. The summed E-state index contributed by atoms with van der Waals surface area (Å²) < 4.78 is 12.4. The summed E-state index contributed by atoms with van der Waals surface area (Å²) in [6, 6.07) is 23.1. The number of benzene rings is 3. The fourth-order valence-corrected chi connectivity index (χ4v) is 3.37. The number of para-hydroxylation sites is 2. The molecule has 7 nitrogen and oxygen atoms in total. The maximum atomic E-state index is 12.9. The van der Waals surface area contributed by atoms with E-state index in [0.29, 0.717) is 29.7 Å². The fourth-order valence-electron chi connectivity index (χ4n) is 3.37. The van der Waals surface area contributed by atoms with Crippen LogP contribution in [0.5, 0.6) is 11.5 Å². The van der Waals surface area contributed by atoms with Gasteiger partial charge in [0.05, 0.1) is 25.3 Å². The van der Waals surface area contributed by atoms with Crippen LogP contribution in [0.3, 0.4) is 0 Å². The minimum Gasteiger partial charge on any atom is -0.497 e. The van der Waals surface area contributed by atoms with Crippen molar-refractivity contribution in [3.8, 4) is 11.5 Å². The molecular formula is C24H24N4O3. The zero-order chi connectivity index (χ0) is 21.6. The highest BCUT2D eigenvalue weighted by atomic mass is 16.5. The van der Waals surface area contributed by atoms with E-state index in [2.05, 4.69) is 15.6 Å². The lowest BCUT2D eigenvalue weighted by Gasteiger charge is -2.13. The molecule has 3 aromatic carbocycles. The van der Waals surface area contributed by atoms with Crippen molar-refractivity contribution in [1.29, 1.82) is 0 Å². The van der Waals surface area contributed by atoms with Crippen LogP contribution in [0, 0.1) is 0 Å². The predicted octanol–water partition coefficient (Wildman–Crippen LogP) is 4.30. The fraction of sp³-hybridized carbons (Fsp3) is 0.167. The van der Waals surface area contributed by atoms with Gasteiger partial charge in [0, 0.05) is 30.4 Å². The van der Waals surface area contributed by atoms with E-state index in [1.54, 1.807) is 32.4 Å². The number of carbonyl (C=O) groups is 1. The number of carbonyl (C=O) groups excluding carboxylic acids is 1. The summed E-state index contributed by atoms with van der Waals surface area (Å²) in [4.78, 5) is 17.6. The summed E-state index contributed by atoms with van der Waals surface area (Å²) in [5.74, 6) is 1.67. The average molecular weight is 416 g/mol. The largest absolute Gasteiger partial charge is 0.497 e. The molecule has 0 bridgehead atoms. The molecule has 0 radical (unpaired) electrons. The topological polar surface area (TPSA) is 77.4 Å². The van der Waals surface area contributed by atoms with Crippen molar-refractivity contribution in [3.63, 3.8) is 0 Å². The Morgan fingerprint density at radius 3 is 2.32 bits per heavy atom. The van der Waals surface area contributed by atoms with Gasteiger partial charge in [-0.15, -0.1) is 0 Å². The van der Waals surface area contributed by atoms with Crippen LogP contribution in [0.25, 0.3) is 11.0 Å². The summed E-state index contributed by atoms with van der Waals surface area (Å²) in [6.45, 7) is 0.718. The average Bonchev–Trinajstić information content (AvgIpc) is 3.15. The number of rotatable bonds is 8. The maximum Gasteiger partial charge on any atom is 0.244 e. The van der Waals surface area contributed by atoms with E-state index < -0.39 is 0 Å². The number of hydrogen-bond acceptors (Lipinski definition) is 5.